The van der Waals surface area contributed by atoms with E-state index in [0.717, 1.165) is 49.0 Å². The number of anilines is 2. The minimum atomic E-state index is -0.0473. The molecular formula is C21H26N2O3. The van der Waals surface area contributed by atoms with Gasteiger partial charge in [-0.25, -0.2) is 0 Å². The van der Waals surface area contributed by atoms with Gasteiger partial charge in [0.05, 0.1) is 26.2 Å². The van der Waals surface area contributed by atoms with Crippen molar-refractivity contribution < 1.29 is 14.3 Å². The highest BCUT2D eigenvalue weighted by atomic mass is 16.5. The van der Waals surface area contributed by atoms with E-state index in [9.17, 15) is 4.79 Å². The van der Waals surface area contributed by atoms with Crippen LogP contribution in [0.25, 0.3) is 0 Å². The van der Waals surface area contributed by atoms with Gasteiger partial charge in [-0.15, -0.1) is 0 Å². The fourth-order valence-corrected chi connectivity index (χ4v) is 3.02. The third-order valence-electron chi connectivity index (χ3n) is 4.44. The van der Waals surface area contributed by atoms with Crippen LogP contribution in [0.1, 0.15) is 17.5 Å². The quantitative estimate of drug-likeness (QED) is 0.862. The minimum Gasteiger partial charge on any atom is -0.493 e. The Balaban J connectivity index is 1.45. The van der Waals surface area contributed by atoms with Crippen molar-refractivity contribution in [3.63, 3.8) is 0 Å². The molecular weight excluding hydrogens is 328 g/mol. The van der Waals surface area contributed by atoms with Gasteiger partial charge >= 0.3 is 0 Å². The molecule has 1 N–H and O–H groups in total. The van der Waals surface area contributed by atoms with Crippen molar-refractivity contribution in [2.24, 2.45) is 0 Å². The molecule has 0 aliphatic carbocycles. The molecule has 2 aromatic carbocycles. The van der Waals surface area contributed by atoms with Gasteiger partial charge in [0, 0.05) is 24.5 Å². The third kappa shape index (κ3) is 4.99. The number of rotatable bonds is 6. The standard InChI is InChI=1S/C21H26N2O3/c1-16-3-8-20(17(2)15-16)26-12-9-21(24)22-18-4-6-19(7-5-18)23-10-13-25-14-11-23/h3-8,15H,9-14H2,1-2H3,(H,22,24). The van der Waals surface area contributed by atoms with Crippen LogP contribution < -0.4 is 15.0 Å². The summed E-state index contributed by atoms with van der Waals surface area (Å²) < 4.78 is 11.1. The van der Waals surface area contributed by atoms with E-state index in [1.54, 1.807) is 0 Å². The second-order valence-electron chi connectivity index (χ2n) is 6.56. The molecule has 0 aromatic heterocycles. The Labute approximate surface area is 154 Å². The first kappa shape index (κ1) is 18.3. The maximum atomic E-state index is 12.1. The highest BCUT2D eigenvalue weighted by molar-refractivity contribution is 5.90. The lowest BCUT2D eigenvalue weighted by atomic mass is 10.1. The molecule has 0 saturated carbocycles. The maximum Gasteiger partial charge on any atom is 0.227 e. The molecule has 1 heterocycles. The first-order chi connectivity index (χ1) is 12.6. The Hall–Kier alpha value is -2.53. The molecule has 1 aliphatic rings. The van der Waals surface area contributed by atoms with Crippen LogP contribution in [0, 0.1) is 13.8 Å². The molecule has 0 unspecified atom stereocenters. The summed E-state index contributed by atoms with van der Waals surface area (Å²) in [5.74, 6) is 0.784. The van der Waals surface area contributed by atoms with Crippen molar-refractivity contribution in [2.45, 2.75) is 20.3 Å². The van der Waals surface area contributed by atoms with Crippen LogP contribution in [-0.2, 0) is 9.53 Å². The van der Waals surface area contributed by atoms with E-state index in [1.807, 2.05) is 43.3 Å². The van der Waals surface area contributed by atoms with Crippen LogP contribution in [-0.4, -0.2) is 38.8 Å². The van der Waals surface area contributed by atoms with Crippen LogP contribution in [0.5, 0.6) is 5.75 Å². The van der Waals surface area contributed by atoms with Gasteiger partial charge in [-0.05, 0) is 49.7 Å². The molecule has 2 aromatic rings. The second-order valence-corrected chi connectivity index (χ2v) is 6.56. The summed E-state index contributed by atoms with van der Waals surface area (Å²) in [4.78, 5) is 14.4. The topological polar surface area (TPSA) is 50.8 Å². The fourth-order valence-electron chi connectivity index (χ4n) is 3.02. The monoisotopic (exact) mass is 354 g/mol. The maximum absolute atomic E-state index is 12.1. The fraction of sp³-hybridized carbons (Fsp3) is 0.381. The lowest BCUT2D eigenvalue weighted by molar-refractivity contribution is -0.116. The Kier molecular flexibility index (Phi) is 6.12. The van der Waals surface area contributed by atoms with Gasteiger partial charge in [0.1, 0.15) is 5.75 Å². The smallest absolute Gasteiger partial charge is 0.227 e. The molecule has 1 aliphatic heterocycles. The molecule has 0 radical (unpaired) electrons. The summed E-state index contributed by atoms with van der Waals surface area (Å²) in [5.41, 5.74) is 4.25. The average Bonchev–Trinajstić information content (AvgIpc) is 2.65. The number of carbonyl (C=O) groups excluding carboxylic acids is 1. The van der Waals surface area contributed by atoms with Crippen LogP contribution in [0.3, 0.4) is 0 Å². The van der Waals surface area contributed by atoms with Crippen LogP contribution in [0.2, 0.25) is 0 Å². The van der Waals surface area contributed by atoms with Gasteiger partial charge in [-0.2, -0.15) is 0 Å². The van der Waals surface area contributed by atoms with E-state index in [0.29, 0.717) is 13.0 Å². The number of ether oxygens (including phenoxy) is 2. The highest BCUT2D eigenvalue weighted by Gasteiger charge is 2.11. The Morgan fingerprint density at radius 2 is 1.85 bits per heavy atom. The summed E-state index contributed by atoms with van der Waals surface area (Å²) in [6.07, 6.45) is 0.318. The van der Waals surface area contributed by atoms with E-state index in [-0.39, 0.29) is 5.91 Å². The largest absolute Gasteiger partial charge is 0.493 e. The zero-order valence-corrected chi connectivity index (χ0v) is 15.5. The number of nitrogens with one attached hydrogen (secondary N) is 1. The number of aryl methyl sites for hydroxylation is 2. The van der Waals surface area contributed by atoms with Gasteiger partial charge in [-0.3, -0.25) is 4.79 Å². The SMILES string of the molecule is Cc1ccc(OCCC(=O)Nc2ccc(N3CCOCC3)cc2)c(C)c1. The summed E-state index contributed by atoms with van der Waals surface area (Å²) in [5, 5.41) is 2.92. The normalized spacial score (nSPS) is 14.2. The number of amides is 1. The summed E-state index contributed by atoms with van der Waals surface area (Å²) in [6.45, 7) is 7.76. The van der Waals surface area contributed by atoms with E-state index in [4.69, 9.17) is 9.47 Å². The number of hydrogen-bond acceptors (Lipinski definition) is 4. The first-order valence-electron chi connectivity index (χ1n) is 9.04. The van der Waals surface area contributed by atoms with Gasteiger partial charge in [0.15, 0.2) is 0 Å². The highest BCUT2D eigenvalue weighted by Crippen LogP contribution is 2.20. The summed E-state index contributed by atoms with van der Waals surface area (Å²) in [7, 11) is 0. The van der Waals surface area contributed by atoms with Crippen LogP contribution >= 0.6 is 0 Å². The molecule has 0 bridgehead atoms. The number of hydrogen-bond donors (Lipinski definition) is 1. The molecule has 0 atom stereocenters. The molecule has 5 heteroatoms. The lowest BCUT2D eigenvalue weighted by Crippen LogP contribution is -2.36. The molecule has 5 nitrogen and oxygen atoms in total. The van der Waals surface area contributed by atoms with Gasteiger partial charge in [-0.1, -0.05) is 17.7 Å². The Morgan fingerprint density at radius 3 is 2.54 bits per heavy atom. The lowest BCUT2D eigenvalue weighted by Gasteiger charge is -2.28. The van der Waals surface area contributed by atoms with Crippen LogP contribution in [0.15, 0.2) is 42.5 Å². The molecule has 0 spiro atoms. The zero-order valence-electron chi connectivity index (χ0n) is 15.5. The number of nitrogens with zero attached hydrogens (tertiary/aromatic N) is 1. The first-order valence-corrected chi connectivity index (χ1v) is 9.04. The second kappa shape index (κ2) is 8.72. The molecule has 3 rings (SSSR count). The molecule has 138 valence electrons. The number of carbonyl (C=O) groups is 1. The van der Waals surface area contributed by atoms with Gasteiger partial charge in [0.2, 0.25) is 5.91 Å². The molecule has 1 fully saturated rings. The number of morpholine rings is 1. The van der Waals surface area contributed by atoms with Crippen molar-refractivity contribution in [1.82, 2.24) is 0 Å². The van der Waals surface area contributed by atoms with Crippen molar-refractivity contribution in [3.05, 3.63) is 53.6 Å². The van der Waals surface area contributed by atoms with E-state index < -0.39 is 0 Å². The van der Waals surface area contributed by atoms with E-state index in [1.165, 1.54) is 5.56 Å². The van der Waals surface area contributed by atoms with Crippen molar-refractivity contribution in [2.75, 3.05) is 43.1 Å². The zero-order chi connectivity index (χ0) is 18.4. The van der Waals surface area contributed by atoms with E-state index in [2.05, 4.69) is 23.2 Å². The van der Waals surface area contributed by atoms with Crippen molar-refractivity contribution >= 4 is 17.3 Å². The van der Waals surface area contributed by atoms with Crippen molar-refractivity contribution in [3.8, 4) is 5.75 Å². The molecule has 1 amide bonds. The molecule has 1 saturated heterocycles. The molecule has 26 heavy (non-hydrogen) atoms. The van der Waals surface area contributed by atoms with Crippen LogP contribution in [0.4, 0.5) is 11.4 Å². The Bertz CT molecular complexity index is 737. The van der Waals surface area contributed by atoms with E-state index >= 15 is 0 Å². The summed E-state index contributed by atoms with van der Waals surface area (Å²) in [6, 6.07) is 14.0. The number of benzene rings is 2. The predicted octanol–water partition coefficient (Wildman–Crippen LogP) is 3.55. The average molecular weight is 354 g/mol. The van der Waals surface area contributed by atoms with Gasteiger partial charge < -0.3 is 19.7 Å². The van der Waals surface area contributed by atoms with Crippen molar-refractivity contribution in [1.29, 1.82) is 0 Å². The Morgan fingerprint density at radius 1 is 1.12 bits per heavy atom. The van der Waals surface area contributed by atoms with Gasteiger partial charge in [0.25, 0.3) is 0 Å². The predicted molar refractivity (Wildman–Crippen MR) is 104 cm³/mol. The third-order valence-corrected chi connectivity index (χ3v) is 4.44. The summed E-state index contributed by atoms with van der Waals surface area (Å²) >= 11 is 0. The minimum absolute atomic E-state index is 0.0473.